The predicted molar refractivity (Wildman–Crippen MR) is 77.8 cm³/mol. The van der Waals surface area contributed by atoms with Gasteiger partial charge in [0.1, 0.15) is 0 Å². The fourth-order valence-corrected chi connectivity index (χ4v) is 2.77. The molecule has 0 radical (unpaired) electrons. The number of carbonyl (C=O) groups is 1. The van der Waals surface area contributed by atoms with Crippen molar-refractivity contribution >= 4 is 17.2 Å². The van der Waals surface area contributed by atoms with Crippen LogP contribution in [0, 0.1) is 0 Å². The fourth-order valence-electron chi connectivity index (χ4n) is 1.94. The van der Waals surface area contributed by atoms with Gasteiger partial charge in [-0.1, -0.05) is 19.4 Å². The molecule has 0 aliphatic heterocycles. The number of amides is 1. The molecule has 0 bridgehead atoms. The first-order valence-corrected chi connectivity index (χ1v) is 7.46. The molecule has 102 valence electrons. The molecule has 0 fully saturated rings. The summed E-state index contributed by atoms with van der Waals surface area (Å²) in [5.74, 6) is 0.153. The number of carbonyl (C=O) groups excluding carboxylic acids is 1. The standard InChI is InChI=1S/C14H24N2OS/c1-4-6-12(15)10-14(17)16(3)11(2)9-13-7-5-8-18-13/h5,7-8,11-12H,4,6,9-10,15H2,1-3H3. The highest BCUT2D eigenvalue weighted by atomic mass is 32.1. The summed E-state index contributed by atoms with van der Waals surface area (Å²) in [6.07, 6.45) is 3.32. The summed E-state index contributed by atoms with van der Waals surface area (Å²) in [4.78, 5) is 15.2. The molecule has 1 aromatic rings. The van der Waals surface area contributed by atoms with Crippen molar-refractivity contribution in [1.29, 1.82) is 0 Å². The molecule has 1 heterocycles. The Morgan fingerprint density at radius 1 is 1.56 bits per heavy atom. The highest BCUT2D eigenvalue weighted by Crippen LogP contribution is 2.14. The summed E-state index contributed by atoms with van der Waals surface area (Å²) in [6.45, 7) is 4.18. The monoisotopic (exact) mass is 268 g/mol. The number of hydrogen-bond acceptors (Lipinski definition) is 3. The minimum atomic E-state index is -0.00103. The highest BCUT2D eigenvalue weighted by Gasteiger charge is 2.18. The van der Waals surface area contributed by atoms with Crippen LogP contribution in [0.15, 0.2) is 17.5 Å². The van der Waals surface area contributed by atoms with E-state index in [0.717, 1.165) is 19.3 Å². The molecule has 18 heavy (non-hydrogen) atoms. The van der Waals surface area contributed by atoms with E-state index in [9.17, 15) is 4.79 Å². The first-order chi connectivity index (χ1) is 8.54. The third kappa shape index (κ3) is 4.78. The van der Waals surface area contributed by atoms with Gasteiger partial charge in [0.15, 0.2) is 0 Å². The maximum atomic E-state index is 12.0. The second kappa shape index (κ2) is 7.54. The molecule has 1 aromatic heterocycles. The van der Waals surface area contributed by atoms with Gasteiger partial charge in [-0.2, -0.15) is 0 Å². The van der Waals surface area contributed by atoms with Crippen molar-refractivity contribution in [1.82, 2.24) is 4.90 Å². The van der Waals surface area contributed by atoms with Gasteiger partial charge in [-0.15, -0.1) is 11.3 Å². The number of nitrogens with two attached hydrogens (primary N) is 1. The van der Waals surface area contributed by atoms with Crippen LogP contribution in [0.2, 0.25) is 0 Å². The number of hydrogen-bond donors (Lipinski definition) is 1. The molecule has 2 atom stereocenters. The Morgan fingerprint density at radius 2 is 2.28 bits per heavy atom. The van der Waals surface area contributed by atoms with Crippen molar-refractivity contribution in [3.8, 4) is 0 Å². The lowest BCUT2D eigenvalue weighted by Gasteiger charge is -2.26. The van der Waals surface area contributed by atoms with Crippen molar-refractivity contribution < 1.29 is 4.79 Å². The van der Waals surface area contributed by atoms with E-state index >= 15 is 0 Å². The van der Waals surface area contributed by atoms with Crippen molar-refractivity contribution in [3.63, 3.8) is 0 Å². The first-order valence-electron chi connectivity index (χ1n) is 6.58. The van der Waals surface area contributed by atoms with E-state index in [1.807, 2.05) is 18.0 Å². The zero-order valence-corrected chi connectivity index (χ0v) is 12.4. The van der Waals surface area contributed by atoms with Crippen LogP contribution in [0.4, 0.5) is 0 Å². The Morgan fingerprint density at radius 3 is 2.83 bits per heavy atom. The van der Waals surface area contributed by atoms with Gasteiger partial charge in [-0.3, -0.25) is 4.79 Å². The normalized spacial score (nSPS) is 14.2. The first kappa shape index (κ1) is 15.2. The van der Waals surface area contributed by atoms with Gasteiger partial charge in [0.25, 0.3) is 0 Å². The molecular weight excluding hydrogens is 244 g/mol. The minimum Gasteiger partial charge on any atom is -0.343 e. The largest absolute Gasteiger partial charge is 0.343 e. The SMILES string of the molecule is CCCC(N)CC(=O)N(C)C(C)Cc1cccs1. The molecule has 0 spiro atoms. The Hall–Kier alpha value is -0.870. The molecule has 3 nitrogen and oxygen atoms in total. The number of rotatable bonds is 7. The third-order valence-electron chi connectivity index (χ3n) is 3.23. The van der Waals surface area contributed by atoms with Crippen molar-refractivity contribution in [2.45, 2.75) is 51.6 Å². The lowest BCUT2D eigenvalue weighted by molar-refractivity contribution is -0.132. The van der Waals surface area contributed by atoms with Crippen molar-refractivity contribution in [2.75, 3.05) is 7.05 Å². The molecule has 0 aliphatic rings. The molecule has 0 aromatic carbocycles. The van der Waals surface area contributed by atoms with Gasteiger partial charge >= 0.3 is 0 Å². The second-order valence-corrected chi connectivity index (χ2v) is 5.92. The molecule has 4 heteroatoms. The minimum absolute atomic E-state index is 0.00103. The summed E-state index contributed by atoms with van der Waals surface area (Å²) in [5.41, 5.74) is 5.91. The van der Waals surface area contributed by atoms with Crippen LogP contribution >= 0.6 is 11.3 Å². The van der Waals surface area contributed by atoms with E-state index in [0.29, 0.717) is 6.42 Å². The maximum Gasteiger partial charge on any atom is 0.224 e. The number of likely N-dealkylation sites (N-methyl/N-ethyl adjacent to an activating group) is 1. The van der Waals surface area contributed by atoms with Crippen LogP contribution in [-0.4, -0.2) is 29.9 Å². The lowest BCUT2D eigenvalue weighted by atomic mass is 10.1. The van der Waals surface area contributed by atoms with Gasteiger partial charge in [0.2, 0.25) is 5.91 Å². The summed E-state index contributed by atoms with van der Waals surface area (Å²) in [6, 6.07) is 4.39. The van der Waals surface area contributed by atoms with E-state index in [-0.39, 0.29) is 18.0 Å². The van der Waals surface area contributed by atoms with Crippen LogP contribution in [0.5, 0.6) is 0 Å². The predicted octanol–water partition coefficient (Wildman–Crippen LogP) is 2.66. The van der Waals surface area contributed by atoms with Crippen LogP contribution in [0.3, 0.4) is 0 Å². The summed E-state index contributed by atoms with van der Waals surface area (Å²) in [5, 5.41) is 2.07. The average Bonchev–Trinajstić information content (AvgIpc) is 2.80. The van der Waals surface area contributed by atoms with Gasteiger partial charge in [0.05, 0.1) is 0 Å². The zero-order valence-electron chi connectivity index (χ0n) is 11.6. The van der Waals surface area contributed by atoms with E-state index in [4.69, 9.17) is 5.73 Å². The molecular formula is C14H24N2OS. The van der Waals surface area contributed by atoms with Gasteiger partial charge in [-0.25, -0.2) is 0 Å². The number of thiophene rings is 1. The molecule has 0 aliphatic carbocycles. The summed E-state index contributed by atoms with van der Waals surface area (Å²) in [7, 11) is 1.87. The smallest absolute Gasteiger partial charge is 0.224 e. The van der Waals surface area contributed by atoms with Gasteiger partial charge < -0.3 is 10.6 Å². The summed E-state index contributed by atoms with van der Waals surface area (Å²) < 4.78 is 0. The quantitative estimate of drug-likeness (QED) is 0.826. The topological polar surface area (TPSA) is 46.3 Å². The Bertz CT molecular complexity index is 351. The van der Waals surface area contributed by atoms with E-state index in [1.54, 1.807) is 11.3 Å². The van der Waals surface area contributed by atoms with Crippen LogP contribution in [0.25, 0.3) is 0 Å². The zero-order chi connectivity index (χ0) is 13.5. The maximum absolute atomic E-state index is 12.0. The molecule has 0 saturated heterocycles. The van der Waals surface area contributed by atoms with E-state index in [1.165, 1.54) is 4.88 Å². The Balaban J connectivity index is 2.42. The molecule has 2 N–H and O–H groups in total. The molecule has 1 rings (SSSR count). The summed E-state index contributed by atoms with van der Waals surface area (Å²) >= 11 is 1.74. The number of nitrogens with zero attached hydrogens (tertiary/aromatic N) is 1. The third-order valence-corrected chi connectivity index (χ3v) is 4.13. The Kier molecular flexibility index (Phi) is 6.36. The lowest BCUT2D eigenvalue weighted by Crippen LogP contribution is -2.39. The van der Waals surface area contributed by atoms with Crippen LogP contribution in [0.1, 0.15) is 38.0 Å². The van der Waals surface area contributed by atoms with Crippen molar-refractivity contribution in [3.05, 3.63) is 22.4 Å². The van der Waals surface area contributed by atoms with Gasteiger partial charge in [0, 0.05) is 36.9 Å². The van der Waals surface area contributed by atoms with Crippen molar-refractivity contribution in [2.24, 2.45) is 5.73 Å². The second-order valence-electron chi connectivity index (χ2n) is 4.89. The molecule has 2 unspecified atom stereocenters. The molecule has 1 amide bonds. The van der Waals surface area contributed by atoms with Crippen LogP contribution < -0.4 is 5.73 Å². The van der Waals surface area contributed by atoms with Gasteiger partial charge in [-0.05, 0) is 24.8 Å². The fraction of sp³-hybridized carbons (Fsp3) is 0.643. The van der Waals surface area contributed by atoms with E-state index in [2.05, 4.69) is 25.3 Å². The average molecular weight is 268 g/mol. The van der Waals surface area contributed by atoms with E-state index < -0.39 is 0 Å². The van der Waals surface area contributed by atoms with Crippen LogP contribution in [-0.2, 0) is 11.2 Å². The highest BCUT2D eigenvalue weighted by molar-refractivity contribution is 7.09. The Labute approximate surface area is 114 Å². The molecule has 0 saturated carbocycles.